The summed E-state index contributed by atoms with van der Waals surface area (Å²) in [5, 5.41) is 2.92. The van der Waals surface area contributed by atoms with Crippen LogP contribution in [0.15, 0.2) is 0 Å². The second-order valence-electron chi connectivity index (χ2n) is 7.62. The van der Waals surface area contributed by atoms with Crippen molar-refractivity contribution in [1.29, 1.82) is 0 Å². The van der Waals surface area contributed by atoms with Crippen LogP contribution in [0.3, 0.4) is 0 Å². The first-order valence-corrected chi connectivity index (χ1v) is 8.62. The summed E-state index contributed by atoms with van der Waals surface area (Å²) in [4.78, 5) is 26.6. The summed E-state index contributed by atoms with van der Waals surface area (Å²) >= 11 is 0. The van der Waals surface area contributed by atoms with Crippen molar-refractivity contribution in [2.45, 2.75) is 58.4 Å². The zero-order valence-electron chi connectivity index (χ0n) is 13.3. The number of nitrogens with zero attached hydrogens (tertiary/aromatic N) is 1. The number of hydrogen-bond donors (Lipinski definition) is 1. The van der Waals surface area contributed by atoms with Gasteiger partial charge in [0.25, 0.3) is 0 Å². The van der Waals surface area contributed by atoms with E-state index in [1.54, 1.807) is 0 Å². The molecule has 1 unspecified atom stereocenters. The van der Waals surface area contributed by atoms with E-state index in [-0.39, 0.29) is 17.9 Å². The first kappa shape index (κ1) is 14.9. The maximum Gasteiger partial charge on any atom is 0.245 e. The molecule has 1 heterocycles. The predicted molar refractivity (Wildman–Crippen MR) is 81.5 cm³/mol. The average Bonchev–Trinajstić information content (AvgIpc) is 3.26. The molecule has 0 bridgehead atoms. The van der Waals surface area contributed by atoms with Gasteiger partial charge in [0.2, 0.25) is 11.8 Å². The first-order valence-electron chi connectivity index (χ1n) is 8.62. The van der Waals surface area contributed by atoms with Crippen LogP contribution in [0, 0.1) is 23.7 Å². The third kappa shape index (κ3) is 3.78. The largest absolute Gasteiger partial charge is 0.344 e. The summed E-state index contributed by atoms with van der Waals surface area (Å²) in [6.07, 6.45) is 6.58. The minimum Gasteiger partial charge on any atom is -0.344 e. The fourth-order valence-electron chi connectivity index (χ4n) is 3.69. The van der Waals surface area contributed by atoms with Crippen LogP contribution in [0.1, 0.15) is 52.4 Å². The van der Waals surface area contributed by atoms with Gasteiger partial charge in [-0.25, -0.2) is 0 Å². The molecule has 0 aromatic heterocycles. The monoisotopic (exact) mass is 292 g/mol. The van der Waals surface area contributed by atoms with Gasteiger partial charge < -0.3 is 10.2 Å². The molecule has 118 valence electrons. The van der Waals surface area contributed by atoms with Crippen LogP contribution in [-0.2, 0) is 9.59 Å². The van der Waals surface area contributed by atoms with E-state index in [0.29, 0.717) is 24.8 Å². The van der Waals surface area contributed by atoms with Gasteiger partial charge in [0.15, 0.2) is 0 Å². The summed E-state index contributed by atoms with van der Waals surface area (Å²) in [6.45, 7) is 5.70. The Labute approximate surface area is 127 Å². The molecule has 1 atom stereocenters. The van der Waals surface area contributed by atoms with Gasteiger partial charge in [0, 0.05) is 19.5 Å². The van der Waals surface area contributed by atoms with E-state index in [1.807, 2.05) is 4.90 Å². The smallest absolute Gasteiger partial charge is 0.245 e. The van der Waals surface area contributed by atoms with Gasteiger partial charge in [-0.1, -0.05) is 13.8 Å². The van der Waals surface area contributed by atoms with Crippen molar-refractivity contribution in [3.63, 3.8) is 0 Å². The number of carbonyl (C=O) groups is 2. The minimum absolute atomic E-state index is 0.0332. The lowest BCUT2D eigenvalue weighted by molar-refractivity contribution is -0.134. The average molecular weight is 292 g/mol. The number of nitrogens with one attached hydrogen (secondary N) is 1. The molecule has 0 spiro atoms. The zero-order chi connectivity index (χ0) is 15.0. The Morgan fingerprint density at radius 1 is 1.14 bits per heavy atom. The van der Waals surface area contributed by atoms with Gasteiger partial charge in [-0.15, -0.1) is 0 Å². The molecule has 3 aliphatic rings. The Morgan fingerprint density at radius 3 is 2.29 bits per heavy atom. The lowest BCUT2D eigenvalue weighted by Crippen LogP contribution is -2.47. The number of amides is 2. The maximum atomic E-state index is 12.8. The SMILES string of the molecule is CC(C)CC1NC(=O)CCN(CC(C2CC2)C2CC2)C1=O. The van der Waals surface area contributed by atoms with Crippen LogP contribution in [0.25, 0.3) is 0 Å². The van der Waals surface area contributed by atoms with Gasteiger partial charge in [0.1, 0.15) is 6.04 Å². The molecule has 0 radical (unpaired) electrons. The van der Waals surface area contributed by atoms with Crippen molar-refractivity contribution in [3.8, 4) is 0 Å². The Kier molecular flexibility index (Phi) is 4.23. The van der Waals surface area contributed by atoms with Crippen LogP contribution >= 0.6 is 0 Å². The normalized spacial score (nSPS) is 27.2. The molecule has 2 amide bonds. The molecule has 0 aromatic carbocycles. The van der Waals surface area contributed by atoms with E-state index in [9.17, 15) is 9.59 Å². The summed E-state index contributed by atoms with van der Waals surface area (Å²) < 4.78 is 0. The first-order chi connectivity index (χ1) is 10.0. The van der Waals surface area contributed by atoms with Crippen molar-refractivity contribution in [3.05, 3.63) is 0 Å². The summed E-state index contributed by atoms with van der Waals surface area (Å²) in [6, 6.07) is -0.306. The molecule has 1 aliphatic heterocycles. The molecule has 4 heteroatoms. The highest BCUT2D eigenvalue weighted by Crippen LogP contribution is 2.49. The standard InChI is InChI=1S/C17H28N2O2/c1-11(2)9-15-17(21)19(8-7-16(20)18-15)10-14(12-3-4-12)13-5-6-13/h11-15H,3-10H2,1-2H3,(H,18,20). The van der Waals surface area contributed by atoms with Crippen LogP contribution in [0.5, 0.6) is 0 Å². The quantitative estimate of drug-likeness (QED) is 0.816. The van der Waals surface area contributed by atoms with Crippen molar-refractivity contribution in [2.75, 3.05) is 13.1 Å². The van der Waals surface area contributed by atoms with E-state index < -0.39 is 0 Å². The zero-order valence-corrected chi connectivity index (χ0v) is 13.3. The lowest BCUT2D eigenvalue weighted by atomic mass is 9.96. The highest BCUT2D eigenvalue weighted by molar-refractivity contribution is 5.89. The van der Waals surface area contributed by atoms with E-state index >= 15 is 0 Å². The highest BCUT2D eigenvalue weighted by atomic mass is 16.2. The van der Waals surface area contributed by atoms with Crippen LogP contribution in [0.4, 0.5) is 0 Å². The molecule has 1 N–H and O–H groups in total. The number of rotatable bonds is 6. The highest BCUT2D eigenvalue weighted by Gasteiger charge is 2.43. The maximum absolute atomic E-state index is 12.8. The van der Waals surface area contributed by atoms with Gasteiger partial charge in [0.05, 0.1) is 0 Å². The van der Waals surface area contributed by atoms with Crippen molar-refractivity contribution >= 4 is 11.8 Å². The van der Waals surface area contributed by atoms with Crippen LogP contribution < -0.4 is 5.32 Å². The predicted octanol–water partition coefficient (Wildman–Crippen LogP) is 2.19. The van der Waals surface area contributed by atoms with Gasteiger partial charge >= 0.3 is 0 Å². The molecule has 3 rings (SSSR count). The van der Waals surface area contributed by atoms with Crippen molar-refractivity contribution < 1.29 is 9.59 Å². The van der Waals surface area contributed by atoms with Crippen LogP contribution in [-0.4, -0.2) is 35.8 Å². The Balaban J connectivity index is 1.66. The lowest BCUT2D eigenvalue weighted by Gasteiger charge is -2.29. The topological polar surface area (TPSA) is 49.4 Å². The molecule has 2 aliphatic carbocycles. The fourth-order valence-corrected chi connectivity index (χ4v) is 3.69. The minimum atomic E-state index is -0.306. The fraction of sp³-hybridized carbons (Fsp3) is 0.882. The second-order valence-corrected chi connectivity index (χ2v) is 7.62. The van der Waals surface area contributed by atoms with E-state index in [0.717, 1.165) is 24.8 Å². The van der Waals surface area contributed by atoms with Crippen molar-refractivity contribution in [2.24, 2.45) is 23.7 Å². The van der Waals surface area contributed by atoms with Crippen molar-refractivity contribution in [1.82, 2.24) is 10.2 Å². The molecular weight excluding hydrogens is 264 g/mol. The molecule has 2 saturated carbocycles. The van der Waals surface area contributed by atoms with E-state index in [1.165, 1.54) is 25.7 Å². The van der Waals surface area contributed by atoms with Gasteiger partial charge in [-0.3, -0.25) is 9.59 Å². The van der Waals surface area contributed by atoms with Crippen LogP contribution in [0.2, 0.25) is 0 Å². The summed E-state index contributed by atoms with van der Waals surface area (Å²) in [5.74, 6) is 3.00. The van der Waals surface area contributed by atoms with E-state index in [4.69, 9.17) is 0 Å². The molecule has 4 nitrogen and oxygen atoms in total. The molecule has 21 heavy (non-hydrogen) atoms. The number of hydrogen-bond acceptors (Lipinski definition) is 2. The Hall–Kier alpha value is -1.06. The van der Waals surface area contributed by atoms with E-state index in [2.05, 4.69) is 19.2 Å². The molecule has 0 aromatic rings. The molecule has 3 fully saturated rings. The van der Waals surface area contributed by atoms with Gasteiger partial charge in [-0.05, 0) is 55.8 Å². The number of carbonyl (C=O) groups excluding carboxylic acids is 2. The Bertz CT molecular complexity index is 401. The second kappa shape index (κ2) is 5.98. The summed E-state index contributed by atoms with van der Waals surface area (Å²) in [7, 11) is 0. The third-order valence-electron chi connectivity index (χ3n) is 5.15. The summed E-state index contributed by atoms with van der Waals surface area (Å²) in [5.41, 5.74) is 0. The molecular formula is C17H28N2O2. The Morgan fingerprint density at radius 2 is 1.76 bits per heavy atom. The third-order valence-corrected chi connectivity index (χ3v) is 5.15. The van der Waals surface area contributed by atoms with Gasteiger partial charge in [-0.2, -0.15) is 0 Å². The molecule has 1 saturated heterocycles.